The molecule has 0 fully saturated rings. The molecule has 0 saturated carbocycles. The zero-order valence-electron chi connectivity index (χ0n) is 12.6. The standard InChI is InChI=1S/C16H16FNO4S/c1-11(22-14-5-3-4-12(17)10-14)16(19)18-13-6-8-15(9-7-13)23(2,20)21/h3-11H,1-2H3,(H,18,19)/t11-/m0/s1. The van der Waals surface area contributed by atoms with Crippen molar-refractivity contribution in [2.75, 3.05) is 11.6 Å². The van der Waals surface area contributed by atoms with E-state index in [-0.39, 0.29) is 10.6 Å². The summed E-state index contributed by atoms with van der Waals surface area (Å²) in [5.74, 6) is -0.632. The van der Waals surface area contributed by atoms with Gasteiger partial charge >= 0.3 is 0 Å². The van der Waals surface area contributed by atoms with Gasteiger partial charge in [-0.2, -0.15) is 0 Å². The van der Waals surface area contributed by atoms with E-state index in [9.17, 15) is 17.6 Å². The van der Waals surface area contributed by atoms with Crippen molar-refractivity contribution in [1.82, 2.24) is 0 Å². The predicted molar refractivity (Wildman–Crippen MR) is 84.7 cm³/mol. The van der Waals surface area contributed by atoms with Gasteiger partial charge in [0.05, 0.1) is 4.90 Å². The molecule has 0 aliphatic heterocycles. The van der Waals surface area contributed by atoms with E-state index < -0.39 is 27.7 Å². The number of rotatable bonds is 5. The first kappa shape index (κ1) is 17.0. The molecule has 5 nitrogen and oxygen atoms in total. The van der Waals surface area contributed by atoms with Gasteiger partial charge in [0.15, 0.2) is 15.9 Å². The van der Waals surface area contributed by atoms with E-state index in [4.69, 9.17) is 4.74 Å². The lowest BCUT2D eigenvalue weighted by Crippen LogP contribution is -2.30. The van der Waals surface area contributed by atoms with E-state index in [1.165, 1.54) is 49.4 Å². The molecule has 2 aromatic carbocycles. The minimum absolute atomic E-state index is 0.166. The number of benzene rings is 2. The predicted octanol–water partition coefficient (Wildman–Crippen LogP) is 2.64. The smallest absolute Gasteiger partial charge is 0.265 e. The summed E-state index contributed by atoms with van der Waals surface area (Å²) in [7, 11) is -3.28. The number of amides is 1. The lowest BCUT2D eigenvalue weighted by molar-refractivity contribution is -0.122. The third-order valence-electron chi connectivity index (χ3n) is 3.03. The van der Waals surface area contributed by atoms with Gasteiger partial charge in [-0.15, -0.1) is 0 Å². The van der Waals surface area contributed by atoms with Crippen LogP contribution < -0.4 is 10.1 Å². The zero-order chi connectivity index (χ0) is 17.0. The SMILES string of the molecule is C[C@H](Oc1cccc(F)c1)C(=O)Nc1ccc(S(C)(=O)=O)cc1. The van der Waals surface area contributed by atoms with Gasteiger partial charge in [-0.05, 0) is 43.3 Å². The quantitative estimate of drug-likeness (QED) is 0.910. The van der Waals surface area contributed by atoms with Gasteiger partial charge in [0, 0.05) is 18.0 Å². The lowest BCUT2D eigenvalue weighted by atomic mass is 10.3. The summed E-state index contributed by atoms with van der Waals surface area (Å²) in [6, 6.07) is 11.3. The molecule has 1 amide bonds. The Labute approximate surface area is 134 Å². The maximum absolute atomic E-state index is 13.1. The van der Waals surface area contributed by atoms with Crippen LogP contribution in [-0.4, -0.2) is 26.7 Å². The monoisotopic (exact) mass is 337 g/mol. The van der Waals surface area contributed by atoms with E-state index in [2.05, 4.69) is 5.32 Å². The highest BCUT2D eigenvalue weighted by atomic mass is 32.2. The van der Waals surface area contributed by atoms with Crippen molar-refractivity contribution in [3.8, 4) is 5.75 Å². The van der Waals surface area contributed by atoms with Crippen LogP contribution in [0.1, 0.15) is 6.92 Å². The molecule has 7 heteroatoms. The zero-order valence-corrected chi connectivity index (χ0v) is 13.4. The van der Waals surface area contributed by atoms with Crippen LogP contribution in [0.5, 0.6) is 5.75 Å². The Morgan fingerprint density at radius 1 is 1.17 bits per heavy atom. The summed E-state index contributed by atoms with van der Waals surface area (Å²) in [5.41, 5.74) is 0.442. The third kappa shape index (κ3) is 4.79. The van der Waals surface area contributed by atoms with Crippen LogP contribution in [0.2, 0.25) is 0 Å². The first-order valence-electron chi connectivity index (χ1n) is 6.79. The summed E-state index contributed by atoms with van der Waals surface area (Å²) in [6.45, 7) is 1.53. The van der Waals surface area contributed by atoms with Crippen LogP contribution >= 0.6 is 0 Å². The molecule has 0 spiro atoms. The minimum Gasteiger partial charge on any atom is -0.481 e. The highest BCUT2D eigenvalue weighted by Gasteiger charge is 2.15. The highest BCUT2D eigenvalue weighted by molar-refractivity contribution is 7.90. The molecular weight excluding hydrogens is 321 g/mol. The van der Waals surface area contributed by atoms with Gasteiger partial charge in [-0.1, -0.05) is 6.07 Å². The molecule has 0 heterocycles. The molecule has 0 aliphatic carbocycles. The number of carbonyl (C=O) groups excluding carboxylic acids is 1. The van der Waals surface area contributed by atoms with Crippen molar-refractivity contribution in [1.29, 1.82) is 0 Å². The molecule has 1 N–H and O–H groups in total. The second kappa shape index (κ2) is 6.78. The lowest BCUT2D eigenvalue weighted by Gasteiger charge is -2.15. The molecular formula is C16H16FNO4S. The third-order valence-corrected chi connectivity index (χ3v) is 4.16. The van der Waals surface area contributed by atoms with E-state index in [1.807, 2.05) is 0 Å². The molecule has 1 atom stereocenters. The fourth-order valence-electron chi connectivity index (χ4n) is 1.83. The van der Waals surface area contributed by atoms with Gasteiger partial charge in [0.2, 0.25) is 0 Å². The number of ether oxygens (including phenoxy) is 1. The van der Waals surface area contributed by atoms with E-state index in [0.717, 1.165) is 6.26 Å². The molecule has 122 valence electrons. The van der Waals surface area contributed by atoms with Gasteiger partial charge in [-0.3, -0.25) is 4.79 Å². The maximum atomic E-state index is 13.1. The normalized spacial score (nSPS) is 12.5. The fraction of sp³-hybridized carbons (Fsp3) is 0.188. The molecule has 0 aromatic heterocycles. The van der Waals surface area contributed by atoms with E-state index in [1.54, 1.807) is 6.07 Å². The molecule has 0 saturated heterocycles. The van der Waals surface area contributed by atoms with Crippen LogP contribution in [0.15, 0.2) is 53.4 Å². The Kier molecular flexibility index (Phi) is 5.00. The molecule has 0 radical (unpaired) electrons. The van der Waals surface area contributed by atoms with Gasteiger partial charge < -0.3 is 10.1 Å². The second-order valence-electron chi connectivity index (χ2n) is 5.00. The van der Waals surface area contributed by atoms with Crippen LogP contribution in [0.3, 0.4) is 0 Å². The van der Waals surface area contributed by atoms with Crippen molar-refractivity contribution >= 4 is 21.4 Å². The summed E-state index contributed by atoms with van der Waals surface area (Å²) >= 11 is 0. The van der Waals surface area contributed by atoms with Gasteiger partial charge in [0.25, 0.3) is 5.91 Å². The average molecular weight is 337 g/mol. The van der Waals surface area contributed by atoms with Crippen molar-refractivity contribution in [2.24, 2.45) is 0 Å². The highest BCUT2D eigenvalue weighted by Crippen LogP contribution is 2.16. The number of carbonyl (C=O) groups is 1. The largest absolute Gasteiger partial charge is 0.481 e. The molecule has 2 aromatic rings. The molecule has 0 aliphatic rings. The number of anilines is 1. The topological polar surface area (TPSA) is 72.5 Å². The first-order valence-corrected chi connectivity index (χ1v) is 8.68. The number of halogens is 1. The van der Waals surface area contributed by atoms with Crippen molar-refractivity contribution in [2.45, 2.75) is 17.9 Å². The fourth-order valence-corrected chi connectivity index (χ4v) is 2.46. The Morgan fingerprint density at radius 2 is 1.83 bits per heavy atom. The number of sulfone groups is 1. The van der Waals surface area contributed by atoms with Crippen molar-refractivity contribution in [3.05, 3.63) is 54.3 Å². The van der Waals surface area contributed by atoms with E-state index in [0.29, 0.717) is 5.69 Å². The van der Waals surface area contributed by atoms with E-state index >= 15 is 0 Å². The molecule has 0 bridgehead atoms. The van der Waals surface area contributed by atoms with Gasteiger partial charge in [0.1, 0.15) is 11.6 Å². The summed E-state index contributed by atoms with van der Waals surface area (Å²) in [5, 5.41) is 2.60. The van der Waals surface area contributed by atoms with Crippen molar-refractivity contribution < 1.29 is 22.3 Å². The summed E-state index contributed by atoms with van der Waals surface area (Å²) in [6.07, 6.45) is 0.265. The summed E-state index contributed by atoms with van der Waals surface area (Å²) in [4.78, 5) is 12.2. The summed E-state index contributed by atoms with van der Waals surface area (Å²) < 4.78 is 41.2. The minimum atomic E-state index is -3.28. The van der Waals surface area contributed by atoms with Crippen molar-refractivity contribution in [3.63, 3.8) is 0 Å². The van der Waals surface area contributed by atoms with Crippen LogP contribution in [0.25, 0.3) is 0 Å². The molecule has 2 rings (SSSR count). The molecule has 23 heavy (non-hydrogen) atoms. The van der Waals surface area contributed by atoms with Gasteiger partial charge in [-0.25, -0.2) is 12.8 Å². The van der Waals surface area contributed by atoms with Crippen LogP contribution in [-0.2, 0) is 14.6 Å². The number of nitrogens with one attached hydrogen (secondary N) is 1. The molecule has 0 unspecified atom stereocenters. The van der Waals surface area contributed by atoms with Crippen LogP contribution in [0, 0.1) is 5.82 Å². The Hall–Kier alpha value is -2.41. The Bertz CT molecular complexity index is 803. The first-order chi connectivity index (χ1) is 10.8. The van der Waals surface area contributed by atoms with Crippen LogP contribution in [0.4, 0.5) is 10.1 Å². The Balaban J connectivity index is 2.01. The number of hydrogen-bond donors (Lipinski definition) is 1. The Morgan fingerprint density at radius 3 is 2.39 bits per heavy atom. The second-order valence-corrected chi connectivity index (χ2v) is 7.02. The maximum Gasteiger partial charge on any atom is 0.265 e. The number of hydrogen-bond acceptors (Lipinski definition) is 4. The average Bonchev–Trinajstić information content (AvgIpc) is 2.46.